The lowest BCUT2D eigenvalue weighted by Gasteiger charge is -1.78. The van der Waals surface area contributed by atoms with E-state index >= 15 is 0 Å². The highest BCUT2D eigenvalue weighted by Gasteiger charge is 2.17. The summed E-state index contributed by atoms with van der Waals surface area (Å²) in [5, 5.41) is 2.16. The van der Waals surface area contributed by atoms with Gasteiger partial charge in [-0.05, 0) is 0 Å². The number of rotatable bonds is 0. The zero-order valence-electron chi connectivity index (χ0n) is 3.43. The van der Waals surface area contributed by atoms with E-state index in [2.05, 4.69) is 10.1 Å². The molecule has 0 unspecified atom stereocenters. The second kappa shape index (κ2) is 1.22. The molecule has 0 saturated carbocycles. The summed E-state index contributed by atoms with van der Waals surface area (Å²) in [5.74, 6) is -0.509. The number of alkyl carbamates (subject to hydrolysis) is 1. The Morgan fingerprint density at radius 2 is 2.29 bits per heavy atom. The van der Waals surface area contributed by atoms with Gasteiger partial charge in [-0.3, -0.25) is 0 Å². The number of nitrogens with one attached hydrogen (secondary N) is 1. The van der Waals surface area contributed by atoms with Crippen LogP contribution in [0.15, 0.2) is 0 Å². The average molecular weight is 101 g/mol. The standard InChI is InChI=1S/C3H3NO3/c5-2-1-4-3(6)7-2/h1H2,(H,4,6). The van der Waals surface area contributed by atoms with E-state index in [1.807, 2.05) is 0 Å². The van der Waals surface area contributed by atoms with Crippen molar-refractivity contribution in [3.8, 4) is 0 Å². The second-order valence-electron chi connectivity index (χ2n) is 1.12. The van der Waals surface area contributed by atoms with Crippen LogP contribution in [0.2, 0.25) is 0 Å². The third kappa shape index (κ3) is 0.677. The highest BCUT2D eigenvalue weighted by Crippen LogP contribution is 1.85. The first-order chi connectivity index (χ1) is 3.29. The van der Waals surface area contributed by atoms with E-state index in [0.29, 0.717) is 0 Å². The molecule has 0 radical (unpaired) electrons. The van der Waals surface area contributed by atoms with Crippen LogP contribution in [0.3, 0.4) is 0 Å². The molecule has 1 aliphatic heterocycles. The van der Waals surface area contributed by atoms with Crippen molar-refractivity contribution in [1.82, 2.24) is 5.32 Å². The first-order valence-corrected chi connectivity index (χ1v) is 1.77. The number of hydrogen-bond acceptors (Lipinski definition) is 3. The fourth-order valence-electron chi connectivity index (χ4n) is 0.320. The SMILES string of the molecule is O=C1CNC(=O)O1. The number of carbonyl (C=O) groups excluding carboxylic acids is 2. The minimum atomic E-state index is -0.648. The molecule has 0 aliphatic carbocycles. The van der Waals surface area contributed by atoms with Crippen molar-refractivity contribution in [2.24, 2.45) is 0 Å². The maximum Gasteiger partial charge on any atom is 0.415 e. The fourth-order valence-corrected chi connectivity index (χ4v) is 0.320. The van der Waals surface area contributed by atoms with Gasteiger partial charge in [0.2, 0.25) is 0 Å². The molecule has 0 aromatic carbocycles. The van der Waals surface area contributed by atoms with E-state index in [1.165, 1.54) is 0 Å². The minimum absolute atomic E-state index is 0.0127. The molecule has 0 spiro atoms. The molecule has 0 aromatic rings. The average Bonchev–Trinajstić information content (AvgIpc) is 1.87. The predicted octanol–water partition coefficient (Wildman–Crippen LogP) is -0.747. The van der Waals surface area contributed by atoms with Gasteiger partial charge in [0.25, 0.3) is 0 Å². The maximum absolute atomic E-state index is 9.95. The molecule has 1 amide bonds. The number of cyclic esters (lactones) is 2. The van der Waals surface area contributed by atoms with Crippen LogP contribution < -0.4 is 5.32 Å². The van der Waals surface area contributed by atoms with Crippen molar-refractivity contribution in [3.63, 3.8) is 0 Å². The topological polar surface area (TPSA) is 55.4 Å². The first kappa shape index (κ1) is 4.11. The van der Waals surface area contributed by atoms with Crippen molar-refractivity contribution in [1.29, 1.82) is 0 Å². The van der Waals surface area contributed by atoms with Crippen LogP contribution in [0, 0.1) is 0 Å². The summed E-state index contributed by atoms with van der Waals surface area (Å²) >= 11 is 0. The Bertz CT molecular complexity index is 105. The molecule has 7 heavy (non-hydrogen) atoms. The summed E-state index contributed by atoms with van der Waals surface area (Å²) in [4.78, 5) is 19.8. The molecule has 1 aliphatic rings. The third-order valence-electron chi connectivity index (χ3n) is 0.584. The van der Waals surface area contributed by atoms with Crippen molar-refractivity contribution in [2.75, 3.05) is 6.54 Å². The van der Waals surface area contributed by atoms with Gasteiger partial charge in [0.05, 0.1) is 0 Å². The smallest absolute Gasteiger partial charge is 0.375 e. The Kier molecular flexibility index (Phi) is 0.714. The molecule has 4 heteroatoms. The highest BCUT2D eigenvalue weighted by molar-refractivity contribution is 5.92. The molecular formula is C3H3NO3. The minimum Gasteiger partial charge on any atom is -0.375 e. The van der Waals surface area contributed by atoms with Gasteiger partial charge in [0.1, 0.15) is 6.54 Å². The summed E-state index contributed by atoms with van der Waals surface area (Å²) in [6.45, 7) is 0.0127. The molecule has 1 heterocycles. The van der Waals surface area contributed by atoms with Gasteiger partial charge in [0, 0.05) is 0 Å². The van der Waals surface area contributed by atoms with Crippen molar-refractivity contribution in [3.05, 3.63) is 0 Å². The number of esters is 1. The van der Waals surface area contributed by atoms with Crippen LogP contribution in [0.25, 0.3) is 0 Å². The lowest BCUT2D eigenvalue weighted by atomic mass is 10.7. The summed E-state index contributed by atoms with van der Waals surface area (Å²) in [5.41, 5.74) is 0. The highest BCUT2D eigenvalue weighted by atomic mass is 16.6. The largest absolute Gasteiger partial charge is 0.415 e. The van der Waals surface area contributed by atoms with Gasteiger partial charge in [-0.15, -0.1) is 0 Å². The molecule has 1 saturated heterocycles. The zero-order chi connectivity index (χ0) is 5.28. The van der Waals surface area contributed by atoms with Crippen LogP contribution in [0.1, 0.15) is 0 Å². The summed E-state index contributed by atoms with van der Waals surface area (Å²) in [6, 6.07) is 0. The van der Waals surface area contributed by atoms with Crippen LogP contribution in [0.4, 0.5) is 4.79 Å². The monoisotopic (exact) mass is 101 g/mol. The Balaban J connectivity index is 2.55. The van der Waals surface area contributed by atoms with Gasteiger partial charge >= 0.3 is 12.1 Å². The number of amides is 1. The van der Waals surface area contributed by atoms with Crippen LogP contribution in [-0.4, -0.2) is 18.6 Å². The molecule has 38 valence electrons. The molecule has 1 fully saturated rings. The van der Waals surface area contributed by atoms with Crippen molar-refractivity contribution >= 4 is 12.1 Å². The van der Waals surface area contributed by atoms with E-state index < -0.39 is 12.1 Å². The molecule has 0 aromatic heterocycles. The van der Waals surface area contributed by atoms with E-state index in [4.69, 9.17) is 0 Å². The summed E-state index contributed by atoms with van der Waals surface area (Å²) in [7, 11) is 0. The molecule has 1 rings (SSSR count). The number of hydrogen-bond donors (Lipinski definition) is 1. The Labute approximate surface area is 39.4 Å². The molecule has 1 N–H and O–H groups in total. The van der Waals surface area contributed by atoms with Gasteiger partial charge < -0.3 is 10.1 Å². The quantitative estimate of drug-likeness (QED) is 0.322. The third-order valence-corrected chi connectivity index (χ3v) is 0.584. The van der Waals surface area contributed by atoms with E-state index in [-0.39, 0.29) is 6.54 Å². The Morgan fingerprint density at radius 1 is 1.57 bits per heavy atom. The van der Waals surface area contributed by atoms with Crippen LogP contribution in [0.5, 0.6) is 0 Å². The Morgan fingerprint density at radius 3 is 2.43 bits per heavy atom. The maximum atomic E-state index is 9.95. The second-order valence-corrected chi connectivity index (χ2v) is 1.12. The zero-order valence-corrected chi connectivity index (χ0v) is 3.43. The molecule has 4 nitrogen and oxygen atoms in total. The molecule has 0 bridgehead atoms. The molecule has 0 atom stereocenters. The fraction of sp³-hybridized carbons (Fsp3) is 0.333. The van der Waals surface area contributed by atoms with Crippen LogP contribution in [-0.2, 0) is 9.53 Å². The first-order valence-electron chi connectivity index (χ1n) is 1.77. The lowest BCUT2D eigenvalue weighted by molar-refractivity contribution is -0.132. The van der Waals surface area contributed by atoms with Gasteiger partial charge in [-0.25, -0.2) is 9.59 Å². The Hall–Kier alpha value is -1.06. The summed E-state index contributed by atoms with van der Waals surface area (Å²) < 4.78 is 3.97. The molecular weight excluding hydrogens is 98.0 g/mol. The number of carbonyl (C=O) groups is 2. The van der Waals surface area contributed by atoms with Crippen molar-refractivity contribution in [2.45, 2.75) is 0 Å². The van der Waals surface area contributed by atoms with E-state index in [0.717, 1.165) is 0 Å². The number of ether oxygens (including phenoxy) is 1. The van der Waals surface area contributed by atoms with Gasteiger partial charge in [-0.2, -0.15) is 0 Å². The van der Waals surface area contributed by atoms with E-state index in [1.54, 1.807) is 0 Å². The lowest BCUT2D eigenvalue weighted by Crippen LogP contribution is -2.12. The van der Waals surface area contributed by atoms with Gasteiger partial charge in [-0.1, -0.05) is 0 Å². The van der Waals surface area contributed by atoms with Crippen LogP contribution >= 0.6 is 0 Å². The normalized spacial score (nSPS) is 18.9. The van der Waals surface area contributed by atoms with Gasteiger partial charge in [0.15, 0.2) is 0 Å². The van der Waals surface area contributed by atoms with Crippen molar-refractivity contribution < 1.29 is 14.3 Å². The summed E-state index contributed by atoms with van der Waals surface area (Å²) in [6.07, 6.45) is -0.648. The predicted molar refractivity (Wildman–Crippen MR) is 19.5 cm³/mol. The van der Waals surface area contributed by atoms with E-state index in [9.17, 15) is 9.59 Å².